The quantitative estimate of drug-likeness (QED) is 0.133. The number of hydrogen-bond donors (Lipinski definition) is 3. The lowest BCUT2D eigenvalue weighted by molar-refractivity contribution is -0.394. The van der Waals surface area contributed by atoms with E-state index in [0.29, 0.717) is 5.69 Å². The van der Waals surface area contributed by atoms with Crippen LogP contribution in [0.1, 0.15) is 10.4 Å². The molecule has 172 valence electrons. The van der Waals surface area contributed by atoms with Crippen molar-refractivity contribution in [3.05, 3.63) is 105 Å². The van der Waals surface area contributed by atoms with Gasteiger partial charge in [-0.25, -0.2) is 0 Å². The molecule has 0 bridgehead atoms. The van der Waals surface area contributed by atoms with Crippen LogP contribution in [0.2, 0.25) is 0 Å². The van der Waals surface area contributed by atoms with Crippen LogP contribution in [0.5, 0.6) is 0 Å². The number of nitro groups is 2. The number of amidine groups is 1. The highest BCUT2D eigenvalue weighted by molar-refractivity contribution is 7.77. The van der Waals surface area contributed by atoms with Crippen LogP contribution in [0.3, 0.4) is 0 Å². The summed E-state index contributed by atoms with van der Waals surface area (Å²) in [7, 11) is 0. The Kier molecular flexibility index (Phi) is 7.75. The molecule has 0 aliphatic carbocycles. The number of carbonyl (C=O) groups excluding carboxylic acids is 1. The zero-order valence-corrected chi connectivity index (χ0v) is 18.1. The summed E-state index contributed by atoms with van der Waals surface area (Å²) in [5.74, 6) is -0.840. The van der Waals surface area contributed by atoms with E-state index in [4.69, 9.17) is 12.6 Å². The van der Waals surface area contributed by atoms with Gasteiger partial charge >= 0.3 is 0 Å². The molecule has 0 aliphatic heterocycles. The van der Waals surface area contributed by atoms with Crippen LogP contribution in [0.4, 0.5) is 17.1 Å². The van der Waals surface area contributed by atoms with Crippen molar-refractivity contribution in [1.29, 1.82) is 0 Å². The van der Waals surface area contributed by atoms with E-state index in [0.717, 1.165) is 29.0 Å². The van der Waals surface area contributed by atoms with E-state index in [-0.39, 0.29) is 10.7 Å². The Hall–Kier alpha value is -4.91. The largest absolute Gasteiger partial charge is 0.741 e. The van der Waals surface area contributed by atoms with E-state index in [1.165, 1.54) is 0 Å². The number of nitrogens with one attached hydrogen (secondary N) is 4. The number of fused-ring (bicyclic) bond motifs is 1. The lowest BCUT2D eigenvalue weighted by Crippen LogP contribution is -2.40. The highest BCUT2D eigenvalue weighted by Gasteiger charge is 2.19. The second-order valence-electron chi connectivity index (χ2n) is 6.56. The third-order valence-corrected chi connectivity index (χ3v) is 4.49. The van der Waals surface area contributed by atoms with Gasteiger partial charge in [-0.3, -0.25) is 45.4 Å². The number of hydrazine groups is 1. The van der Waals surface area contributed by atoms with E-state index in [1.54, 1.807) is 12.4 Å². The van der Waals surface area contributed by atoms with Crippen molar-refractivity contribution in [3.8, 4) is 0 Å². The molecule has 3 aromatic carbocycles. The summed E-state index contributed by atoms with van der Waals surface area (Å²) in [6, 6.07) is 15.6. The number of nitro benzene ring substituents is 2. The summed E-state index contributed by atoms with van der Waals surface area (Å²) >= 11 is 5.09. The van der Waals surface area contributed by atoms with Gasteiger partial charge in [0.15, 0.2) is 0 Å². The molecule has 0 fully saturated rings. The lowest BCUT2D eigenvalue weighted by atomic mass is 10.1. The molecule has 1 amide bonds. The number of non-ortho nitro benzene ring substituents is 2. The molecule has 12 nitrogen and oxygen atoms in total. The highest BCUT2D eigenvalue weighted by Crippen LogP contribution is 2.25. The molecule has 13 heteroatoms. The molecule has 0 radical (unpaired) electrons. The Morgan fingerprint density at radius 2 is 1.65 bits per heavy atom. The van der Waals surface area contributed by atoms with Crippen LogP contribution in [0, 0.1) is 20.2 Å². The van der Waals surface area contributed by atoms with Crippen molar-refractivity contribution in [2.45, 2.75) is 0 Å². The van der Waals surface area contributed by atoms with Crippen molar-refractivity contribution in [3.63, 3.8) is 0 Å². The highest BCUT2D eigenvalue weighted by atomic mass is 32.1. The average molecular weight is 479 g/mol. The summed E-state index contributed by atoms with van der Waals surface area (Å²) in [5.41, 5.74) is 3.81. The zero-order valence-electron chi connectivity index (χ0n) is 17.3. The minimum absolute atomic E-state index is 0.0605. The number of benzene rings is 3. The van der Waals surface area contributed by atoms with E-state index in [2.05, 4.69) is 25.8 Å². The Bertz CT molecular complexity index is 1300. The number of aromatic nitrogens is 2. The van der Waals surface area contributed by atoms with Crippen LogP contribution in [0.15, 0.2) is 84.4 Å². The van der Waals surface area contributed by atoms with E-state index in [9.17, 15) is 25.0 Å². The van der Waals surface area contributed by atoms with E-state index < -0.39 is 27.1 Å². The van der Waals surface area contributed by atoms with Crippen molar-refractivity contribution >= 4 is 51.5 Å². The first kappa shape index (κ1) is 23.7. The summed E-state index contributed by atoms with van der Waals surface area (Å²) in [4.78, 5) is 42.3. The molecule has 4 rings (SSSR count). The standard InChI is InChI=1S/C18H13N5O5S.C3H4N2/c24-17(12-8-13(22(25)26)10-14(9-12)23(27)28)20-21-18(29)19-16-7-3-5-11-4-1-2-6-15(11)16;1-2-5-3-4-1/h1-10H,(H,20,24)(H2,19,21,29);1-3H,(H,4,5). The first-order valence-corrected chi connectivity index (χ1v) is 9.98. The molecule has 0 unspecified atom stereocenters. The second kappa shape index (κ2) is 11.1. The van der Waals surface area contributed by atoms with Crippen molar-refractivity contribution in [2.24, 2.45) is 4.99 Å². The third-order valence-electron chi connectivity index (χ3n) is 4.30. The smallest absolute Gasteiger partial charge is 0.277 e. The minimum atomic E-state index is -0.840. The van der Waals surface area contributed by atoms with Crippen LogP contribution in [0.25, 0.3) is 10.8 Å². The number of carbonyl (C=O) groups is 1. The molecule has 4 N–H and O–H groups in total. The predicted octanol–water partition coefficient (Wildman–Crippen LogP) is 2.95. The van der Waals surface area contributed by atoms with Gasteiger partial charge < -0.3 is 18.1 Å². The van der Waals surface area contributed by atoms with Gasteiger partial charge in [-0.1, -0.05) is 36.4 Å². The molecular formula is C21H17N7O5S. The Morgan fingerprint density at radius 3 is 2.24 bits per heavy atom. The maximum Gasteiger partial charge on any atom is 0.277 e. The number of nitrogens with zero attached hydrogens (tertiary/aromatic N) is 3. The van der Waals surface area contributed by atoms with Gasteiger partial charge in [0.2, 0.25) is 6.33 Å². The summed E-state index contributed by atoms with van der Waals surface area (Å²) in [6.07, 6.45) is 5.39. The fourth-order valence-electron chi connectivity index (χ4n) is 2.80. The molecule has 0 aliphatic rings. The number of hydrogen-bond acceptors (Lipinski definition) is 7. The fraction of sp³-hybridized carbons (Fsp3) is 0. The predicted molar refractivity (Wildman–Crippen MR) is 126 cm³/mol. The summed E-state index contributed by atoms with van der Waals surface area (Å²) in [5, 5.41) is 23.6. The van der Waals surface area contributed by atoms with Gasteiger partial charge in [0.05, 0.1) is 27.2 Å². The van der Waals surface area contributed by atoms with Gasteiger partial charge in [0.1, 0.15) is 12.4 Å². The SMILES string of the molecule is O=C(NNC([S-])=Nc1cccc2ccccc12)c1cc([N+](=O)[O-])cc([N+](=O)[O-])c1.c1c[nH+]c[nH]1. The van der Waals surface area contributed by atoms with Gasteiger partial charge in [0.25, 0.3) is 17.3 Å². The molecule has 0 spiro atoms. The number of imidazole rings is 1. The summed E-state index contributed by atoms with van der Waals surface area (Å²) in [6.45, 7) is 0. The van der Waals surface area contributed by atoms with Gasteiger partial charge in [-0.05, 0) is 16.6 Å². The molecule has 0 saturated heterocycles. The molecule has 4 aromatic rings. The number of aliphatic imine (C=N–C) groups is 1. The monoisotopic (exact) mass is 479 g/mol. The Labute approximate surface area is 197 Å². The first-order chi connectivity index (χ1) is 16.3. The molecular weight excluding hydrogens is 462 g/mol. The van der Waals surface area contributed by atoms with Crippen molar-refractivity contribution in [1.82, 2.24) is 15.8 Å². The normalized spacial score (nSPS) is 10.6. The Morgan fingerprint density at radius 1 is 0.971 bits per heavy atom. The maximum absolute atomic E-state index is 12.2. The van der Waals surface area contributed by atoms with Crippen LogP contribution in [-0.4, -0.2) is 25.9 Å². The maximum atomic E-state index is 12.2. The number of amides is 1. The van der Waals surface area contributed by atoms with Gasteiger partial charge in [-0.15, -0.1) is 0 Å². The topological polar surface area (TPSA) is 170 Å². The van der Waals surface area contributed by atoms with Gasteiger partial charge in [0, 0.05) is 17.5 Å². The molecule has 0 saturated carbocycles. The molecule has 1 aromatic heterocycles. The zero-order chi connectivity index (χ0) is 24.5. The minimum Gasteiger partial charge on any atom is -0.741 e. The van der Waals surface area contributed by atoms with Crippen LogP contribution in [-0.2, 0) is 12.6 Å². The van der Waals surface area contributed by atoms with Crippen LogP contribution >= 0.6 is 0 Å². The number of H-pyrrole nitrogens is 2. The lowest BCUT2D eigenvalue weighted by Gasteiger charge is -2.15. The fourth-order valence-corrected chi connectivity index (χ4v) is 2.95. The van der Waals surface area contributed by atoms with Gasteiger partial charge in [-0.2, -0.15) is 0 Å². The first-order valence-electron chi connectivity index (χ1n) is 9.57. The summed E-state index contributed by atoms with van der Waals surface area (Å²) < 4.78 is 0. The van der Waals surface area contributed by atoms with Crippen LogP contribution < -0.4 is 15.8 Å². The van der Waals surface area contributed by atoms with Crippen molar-refractivity contribution in [2.75, 3.05) is 0 Å². The number of rotatable bonds is 4. The second-order valence-corrected chi connectivity index (χ2v) is 6.94. The average Bonchev–Trinajstić information content (AvgIpc) is 3.43. The third kappa shape index (κ3) is 6.30. The van der Waals surface area contributed by atoms with E-state index in [1.807, 2.05) is 48.8 Å². The number of aromatic amines is 2. The van der Waals surface area contributed by atoms with Crippen molar-refractivity contribution < 1.29 is 19.6 Å². The molecule has 34 heavy (non-hydrogen) atoms. The van der Waals surface area contributed by atoms with E-state index >= 15 is 0 Å². The molecule has 0 atom stereocenters. The Balaban J connectivity index is 0.000000574. The molecule has 1 heterocycles.